The molecule has 1 N–H and O–H groups in total. The smallest absolute Gasteiger partial charge is 0.251 e. The zero-order valence-corrected chi connectivity index (χ0v) is 11.2. The maximum Gasteiger partial charge on any atom is 0.251 e. The first-order valence-electron chi connectivity index (χ1n) is 6.66. The lowest BCUT2D eigenvalue weighted by atomic mass is 10.1. The Bertz CT molecular complexity index is 647. The van der Waals surface area contributed by atoms with Crippen LogP contribution in [0, 0.1) is 19.8 Å². The maximum absolute atomic E-state index is 12.0. The minimum Gasteiger partial charge on any atom is -0.352 e. The standard InChI is InChI=1S/C15H17N3O/c1-9-10(2)18-14-7-12(5-6-13(14)17-9)15(19)16-8-11-3-4-11/h5-7,11H,3-4,8H2,1-2H3,(H,16,19). The quantitative estimate of drug-likeness (QED) is 0.916. The monoisotopic (exact) mass is 255 g/mol. The number of amides is 1. The first-order valence-corrected chi connectivity index (χ1v) is 6.66. The summed E-state index contributed by atoms with van der Waals surface area (Å²) in [5.41, 5.74) is 4.11. The van der Waals surface area contributed by atoms with Gasteiger partial charge in [0.25, 0.3) is 5.91 Å². The molecule has 98 valence electrons. The van der Waals surface area contributed by atoms with E-state index < -0.39 is 0 Å². The fraction of sp³-hybridized carbons (Fsp3) is 0.400. The Morgan fingerprint density at radius 1 is 1.21 bits per heavy atom. The Labute approximate surface area is 112 Å². The van der Waals surface area contributed by atoms with Gasteiger partial charge in [-0.25, -0.2) is 9.97 Å². The molecule has 0 bridgehead atoms. The Kier molecular flexibility index (Phi) is 2.93. The third-order valence-electron chi connectivity index (χ3n) is 3.59. The molecular weight excluding hydrogens is 238 g/mol. The van der Waals surface area contributed by atoms with Crippen molar-refractivity contribution in [1.29, 1.82) is 0 Å². The summed E-state index contributed by atoms with van der Waals surface area (Å²) in [5.74, 6) is 0.669. The lowest BCUT2D eigenvalue weighted by Gasteiger charge is -2.06. The number of aromatic nitrogens is 2. The first kappa shape index (κ1) is 12.1. The second-order valence-corrected chi connectivity index (χ2v) is 5.25. The molecule has 4 nitrogen and oxygen atoms in total. The summed E-state index contributed by atoms with van der Waals surface area (Å²) >= 11 is 0. The average molecular weight is 255 g/mol. The van der Waals surface area contributed by atoms with Gasteiger partial charge in [0.2, 0.25) is 0 Å². The van der Waals surface area contributed by atoms with Crippen LogP contribution in [0.1, 0.15) is 34.6 Å². The molecule has 1 saturated carbocycles. The minimum atomic E-state index is -0.0196. The summed E-state index contributed by atoms with van der Waals surface area (Å²) in [6.45, 7) is 4.66. The van der Waals surface area contributed by atoms with E-state index in [1.165, 1.54) is 12.8 Å². The summed E-state index contributed by atoms with van der Waals surface area (Å²) in [4.78, 5) is 21.0. The average Bonchev–Trinajstić information content (AvgIpc) is 3.21. The molecule has 1 heterocycles. The molecule has 2 aromatic rings. The van der Waals surface area contributed by atoms with Gasteiger partial charge in [-0.1, -0.05) is 0 Å². The number of nitrogens with one attached hydrogen (secondary N) is 1. The highest BCUT2D eigenvalue weighted by molar-refractivity contribution is 5.97. The number of rotatable bonds is 3. The third kappa shape index (κ3) is 2.57. The predicted octanol–water partition coefficient (Wildman–Crippen LogP) is 2.39. The van der Waals surface area contributed by atoms with Gasteiger partial charge in [-0.15, -0.1) is 0 Å². The highest BCUT2D eigenvalue weighted by atomic mass is 16.1. The Balaban J connectivity index is 1.87. The van der Waals surface area contributed by atoms with Crippen molar-refractivity contribution in [1.82, 2.24) is 15.3 Å². The second-order valence-electron chi connectivity index (χ2n) is 5.25. The Hall–Kier alpha value is -1.97. The topological polar surface area (TPSA) is 54.9 Å². The maximum atomic E-state index is 12.0. The van der Waals surface area contributed by atoms with Crippen LogP contribution in [-0.2, 0) is 0 Å². The number of fused-ring (bicyclic) bond motifs is 1. The lowest BCUT2D eigenvalue weighted by Crippen LogP contribution is -2.25. The van der Waals surface area contributed by atoms with Crippen molar-refractivity contribution < 1.29 is 4.79 Å². The van der Waals surface area contributed by atoms with E-state index in [4.69, 9.17) is 0 Å². The third-order valence-corrected chi connectivity index (χ3v) is 3.59. The van der Waals surface area contributed by atoms with E-state index in [0.717, 1.165) is 29.0 Å². The lowest BCUT2D eigenvalue weighted by molar-refractivity contribution is 0.0952. The molecule has 1 aromatic heterocycles. The van der Waals surface area contributed by atoms with E-state index in [1.54, 1.807) is 0 Å². The number of carbonyl (C=O) groups is 1. The largest absolute Gasteiger partial charge is 0.352 e. The number of aryl methyl sites for hydroxylation is 2. The van der Waals surface area contributed by atoms with Gasteiger partial charge in [-0.3, -0.25) is 4.79 Å². The number of benzene rings is 1. The normalized spacial score (nSPS) is 14.6. The zero-order chi connectivity index (χ0) is 13.4. The molecule has 0 radical (unpaired) electrons. The van der Waals surface area contributed by atoms with Gasteiger partial charge >= 0.3 is 0 Å². The van der Waals surface area contributed by atoms with Crippen LogP contribution in [0.3, 0.4) is 0 Å². The highest BCUT2D eigenvalue weighted by Crippen LogP contribution is 2.27. The van der Waals surface area contributed by atoms with Crippen LogP contribution in [0.2, 0.25) is 0 Å². The van der Waals surface area contributed by atoms with Gasteiger partial charge in [-0.05, 0) is 50.8 Å². The van der Waals surface area contributed by atoms with E-state index in [9.17, 15) is 4.79 Å². The van der Waals surface area contributed by atoms with Gasteiger partial charge < -0.3 is 5.32 Å². The molecule has 1 fully saturated rings. The van der Waals surface area contributed by atoms with Crippen molar-refractivity contribution in [2.75, 3.05) is 6.54 Å². The van der Waals surface area contributed by atoms with Gasteiger partial charge in [-0.2, -0.15) is 0 Å². The molecule has 0 spiro atoms. The van der Waals surface area contributed by atoms with Crippen LogP contribution in [0.4, 0.5) is 0 Å². The minimum absolute atomic E-state index is 0.0196. The van der Waals surface area contributed by atoms with Crippen LogP contribution in [0.15, 0.2) is 18.2 Å². The van der Waals surface area contributed by atoms with E-state index in [1.807, 2.05) is 32.0 Å². The summed E-state index contributed by atoms with van der Waals surface area (Å²) in [5, 5.41) is 2.96. The SMILES string of the molecule is Cc1nc2ccc(C(=O)NCC3CC3)cc2nc1C. The van der Waals surface area contributed by atoms with Gasteiger partial charge in [0.15, 0.2) is 0 Å². The number of hydrogen-bond acceptors (Lipinski definition) is 3. The second kappa shape index (κ2) is 4.61. The molecule has 1 aliphatic rings. The molecule has 0 saturated heterocycles. The van der Waals surface area contributed by atoms with Crippen molar-refractivity contribution in [3.05, 3.63) is 35.2 Å². The highest BCUT2D eigenvalue weighted by Gasteiger charge is 2.21. The molecule has 1 aromatic carbocycles. The van der Waals surface area contributed by atoms with Gasteiger partial charge in [0, 0.05) is 12.1 Å². The fourth-order valence-electron chi connectivity index (χ4n) is 2.03. The van der Waals surface area contributed by atoms with E-state index in [2.05, 4.69) is 15.3 Å². The molecule has 19 heavy (non-hydrogen) atoms. The van der Waals surface area contributed by atoms with Crippen molar-refractivity contribution in [2.24, 2.45) is 5.92 Å². The summed E-state index contributed by atoms with van der Waals surface area (Å²) in [7, 11) is 0. The number of carbonyl (C=O) groups excluding carboxylic acids is 1. The predicted molar refractivity (Wildman–Crippen MR) is 74.1 cm³/mol. The van der Waals surface area contributed by atoms with Crippen molar-refractivity contribution in [3.63, 3.8) is 0 Å². The van der Waals surface area contributed by atoms with Crippen LogP contribution in [0.25, 0.3) is 11.0 Å². The molecule has 4 heteroatoms. The molecule has 1 amide bonds. The van der Waals surface area contributed by atoms with Crippen molar-refractivity contribution in [2.45, 2.75) is 26.7 Å². The summed E-state index contributed by atoms with van der Waals surface area (Å²) < 4.78 is 0. The van der Waals surface area contributed by atoms with Crippen LogP contribution < -0.4 is 5.32 Å². The van der Waals surface area contributed by atoms with E-state index in [0.29, 0.717) is 11.5 Å². The molecular formula is C15H17N3O. The summed E-state index contributed by atoms with van der Waals surface area (Å²) in [6, 6.07) is 5.49. The molecule has 0 aliphatic heterocycles. The zero-order valence-electron chi connectivity index (χ0n) is 11.2. The van der Waals surface area contributed by atoms with E-state index in [-0.39, 0.29) is 5.91 Å². The van der Waals surface area contributed by atoms with Crippen LogP contribution in [-0.4, -0.2) is 22.4 Å². The molecule has 1 aliphatic carbocycles. The molecule has 0 unspecified atom stereocenters. The number of nitrogens with zero attached hydrogens (tertiary/aromatic N) is 2. The van der Waals surface area contributed by atoms with E-state index >= 15 is 0 Å². The van der Waals surface area contributed by atoms with Gasteiger partial charge in [0.05, 0.1) is 22.4 Å². The number of hydrogen-bond donors (Lipinski definition) is 1. The molecule has 3 rings (SSSR count). The summed E-state index contributed by atoms with van der Waals surface area (Å²) in [6.07, 6.45) is 2.48. The first-order chi connectivity index (χ1) is 9.13. The van der Waals surface area contributed by atoms with Crippen molar-refractivity contribution in [3.8, 4) is 0 Å². The Morgan fingerprint density at radius 2 is 1.89 bits per heavy atom. The van der Waals surface area contributed by atoms with Crippen LogP contribution in [0.5, 0.6) is 0 Å². The Morgan fingerprint density at radius 3 is 2.58 bits per heavy atom. The van der Waals surface area contributed by atoms with Crippen molar-refractivity contribution >= 4 is 16.9 Å². The van der Waals surface area contributed by atoms with Crippen LogP contribution >= 0.6 is 0 Å². The van der Waals surface area contributed by atoms with Gasteiger partial charge in [0.1, 0.15) is 0 Å². The fourth-order valence-corrected chi connectivity index (χ4v) is 2.03. The molecule has 0 atom stereocenters.